The second-order valence-electron chi connectivity index (χ2n) is 4.95. The zero-order valence-corrected chi connectivity index (χ0v) is 12.7. The van der Waals surface area contributed by atoms with Crippen LogP contribution >= 0.6 is 11.3 Å². The van der Waals surface area contributed by atoms with E-state index in [2.05, 4.69) is 9.88 Å². The van der Waals surface area contributed by atoms with Gasteiger partial charge in [0, 0.05) is 26.7 Å². The molecule has 1 amide bonds. The number of unbranched alkanes of at least 4 members (excludes halogenated alkanes) is 1. The van der Waals surface area contributed by atoms with E-state index in [9.17, 15) is 4.79 Å². The zero-order chi connectivity index (χ0) is 14.4. The largest absolute Gasteiger partial charge is 0.379 e. The van der Waals surface area contributed by atoms with Crippen LogP contribution in [0.1, 0.15) is 22.5 Å². The molecule has 1 aromatic rings. The zero-order valence-electron chi connectivity index (χ0n) is 11.9. The third kappa shape index (κ3) is 4.43. The Balaban J connectivity index is 1.64. The smallest absolute Gasteiger partial charge is 0.265 e. The molecule has 0 atom stereocenters. The minimum atomic E-state index is 0.00516. The molecule has 2 heterocycles. The molecular formula is C13H22N4O2S. The minimum absolute atomic E-state index is 0.00516. The Morgan fingerprint density at radius 1 is 1.50 bits per heavy atom. The molecule has 7 heteroatoms. The lowest BCUT2D eigenvalue weighted by Gasteiger charge is -2.26. The molecule has 20 heavy (non-hydrogen) atoms. The van der Waals surface area contributed by atoms with Gasteiger partial charge in [0.05, 0.1) is 19.4 Å². The number of thiazole rings is 1. The van der Waals surface area contributed by atoms with E-state index < -0.39 is 0 Å². The highest BCUT2D eigenvalue weighted by molar-refractivity contribution is 7.17. The number of nitrogens with zero attached hydrogens (tertiary/aromatic N) is 3. The number of morpholine rings is 1. The highest BCUT2D eigenvalue weighted by atomic mass is 32.1. The van der Waals surface area contributed by atoms with Crippen LogP contribution in [0.15, 0.2) is 6.20 Å². The van der Waals surface area contributed by atoms with Gasteiger partial charge < -0.3 is 15.4 Å². The van der Waals surface area contributed by atoms with Gasteiger partial charge in [0.25, 0.3) is 5.91 Å². The van der Waals surface area contributed by atoms with Crippen LogP contribution in [0.2, 0.25) is 0 Å². The van der Waals surface area contributed by atoms with Crippen molar-refractivity contribution in [3.05, 3.63) is 11.1 Å². The van der Waals surface area contributed by atoms with Crippen LogP contribution in [0.3, 0.4) is 0 Å². The van der Waals surface area contributed by atoms with Gasteiger partial charge in [-0.15, -0.1) is 0 Å². The van der Waals surface area contributed by atoms with Gasteiger partial charge in [-0.2, -0.15) is 0 Å². The summed E-state index contributed by atoms with van der Waals surface area (Å²) in [5, 5.41) is 0.439. The highest BCUT2D eigenvalue weighted by Gasteiger charge is 2.14. The summed E-state index contributed by atoms with van der Waals surface area (Å²) < 4.78 is 5.32. The first-order valence-electron chi connectivity index (χ1n) is 6.93. The van der Waals surface area contributed by atoms with E-state index in [0.717, 1.165) is 52.2 Å². The van der Waals surface area contributed by atoms with E-state index in [1.54, 1.807) is 11.1 Å². The second kappa shape index (κ2) is 7.56. The number of nitrogens with two attached hydrogens (primary N) is 1. The molecule has 1 saturated heterocycles. The number of hydrogen-bond donors (Lipinski definition) is 1. The average Bonchev–Trinajstić information content (AvgIpc) is 2.90. The molecule has 2 N–H and O–H groups in total. The van der Waals surface area contributed by atoms with Gasteiger partial charge in [-0.1, -0.05) is 11.3 Å². The first-order chi connectivity index (χ1) is 9.66. The molecule has 1 aliphatic heterocycles. The number of aromatic nitrogens is 1. The standard InChI is InChI=1S/C13H22N4O2S/c1-16(12(18)11-10-15-13(14)20-11)4-2-3-5-17-6-8-19-9-7-17/h10H,2-9H2,1H3,(H2,14,15). The van der Waals surface area contributed by atoms with E-state index in [-0.39, 0.29) is 5.91 Å². The van der Waals surface area contributed by atoms with Crippen molar-refractivity contribution in [3.63, 3.8) is 0 Å². The third-order valence-electron chi connectivity index (χ3n) is 3.40. The molecule has 0 unspecified atom stereocenters. The number of hydrogen-bond acceptors (Lipinski definition) is 6. The number of ether oxygens (including phenoxy) is 1. The molecule has 1 aliphatic rings. The SMILES string of the molecule is CN(CCCCN1CCOCC1)C(=O)c1cnc(N)s1. The van der Waals surface area contributed by atoms with Gasteiger partial charge in [-0.05, 0) is 19.4 Å². The summed E-state index contributed by atoms with van der Waals surface area (Å²) in [6, 6.07) is 0. The summed E-state index contributed by atoms with van der Waals surface area (Å²) in [5.74, 6) is 0.00516. The van der Waals surface area contributed by atoms with Gasteiger partial charge in [-0.25, -0.2) is 4.98 Å². The van der Waals surface area contributed by atoms with E-state index in [4.69, 9.17) is 10.5 Å². The average molecular weight is 298 g/mol. The Labute approximate surface area is 123 Å². The normalized spacial score (nSPS) is 16.2. The van der Waals surface area contributed by atoms with Crippen LogP contribution in [0, 0.1) is 0 Å². The molecule has 6 nitrogen and oxygen atoms in total. The maximum atomic E-state index is 12.1. The van der Waals surface area contributed by atoms with Gasteiger partial charge in [0.15, 0.2) is 5.13 Å². The molecule has 1 aromatic heterocycles. The topological polar surface area (TPSA) is 71.7 Å². The number of carbonyl (C=O) groups is 1. The first kappa shape index (κ1) is 15.2. The summed E-state index contributed by atoms with van der Waals surface area (Å²) >= 11 is 1.24. The van der Waals surface area contributed by atoms with Crippen LogP contribution in [-0.4, -0.2) is 67.1 Å². The number of carbonyl (C=O) groups excluding carboxylic acids is 1. The third-order valence-corrected chi connectivity index (χ3v) is 4.22. The Bertz CT molecular complexity index is 432. The molecule has 0 bridgehead atoms. The Morgan fingerprint density at radius 2 is 2.25 bits per heavy atom. The van der Waals surface area contributed by atoms with Crippen molar-refractivity contribution in [2.24, 2.45) is 0 Å². The predicted molar refractivity (Wildman–Crippen MR) is 80.0 cm³/mol. The summed E-state index contributed by atoms with van der Waals surface area (Å²) in [7, 11) is 1.83. The van der Waals surface area contributed by atoms with Crippen molar-refractivity contribution in [3.8, 4) is 0 Å². The highest BCUT2D eigenvalue weighted by Crippen LogP contribution is 2.16. The Kier molecular flexibility index (Phi) is 5.75. The summed E-state index contributed by atoms with van der Waals surface area (Å²) in [4.78, 5) is 20.7. The maximum absolute atomic E-state index is 12.1. The van der Waals surface area contributed by atoms with E-state index in [0.29, 0.717) is 10.0 Å². The fourth-order valence-corrected chi connectivity index (χ4v) is 2.86. The molecule has 0 aromatic carbocycles. The Hall–Kier alpha value is -1.18. The van der Waals surface area contributed by atoms with Gasteiger partial charge in [0.1, 0.15) is 4.88 Å². The maximum Gasteiger partial charge on any atom is 0.265 e. The lowest BCUT2D eigenvalue weighted by atomic mass is 10.2. The quantitative estimate of drug-likeness (QED) is 0.790. The van der Waals surface area contributed by atoms with Crippen molar-refractivity contribution >= 4 is 22.4 Å². The van der Waals surface area contributed by atoms with Crippen LogP contribution in [0.25, 0.3) is 0 Å². The lowest BCUT2D eigenvalue weighted by Crippen LogP contribution is -2.37. The van der Waals surface area contributed by atoms with Crippen molar-refractivity contribution in [1.29, 1.82) is 0 Å². The van der Waals surface area contributed by atoms with E-state index in [1.807, 2.05) is 7.05 Å². The fraction of sp³-hybridized carbons (Fsp3) is 0.692. The summed E-state index contributed by atoms with van der Waals surface area (Å²) in [5.41, 5.74) is 5.54. The lowest BCUT2D eigenvalue weighted by molar-refractivity contribution is 0.0369. The number of amides is 1. The molecule has 0 aliphatic carbocycles. The molecular weight excluding hydrogens is 276 g/mol. The fourth-order valence-electron chi connectivity index (χ4n) is 2.19. The molecule has 0 spiro atoms. The molecule has 0 saturated carbocycles. The number of anilines is 1. The molecule has 112 valence electrons. The monoisotopic (exact) mass is 298 g/mol. The Morgan fingerprint density at radius 3 is 2.90 bits per heavy atom. The van der Waals surface area contributed by atoms with Crippen LogP contribution < -0.4 is 5.73 Å². The minimum Gasteiger partial charge on any atom is -0.379 e. The van der Waals surface area contributed by atoms with E-state index >= 15 is 0 Å². The first-order valence-corrected chi connectivity index (χ1v) is 7.75. The second-order valence-corrected chi connectivity index (χ2v) is 6.01. The number of rotatable bonds is 6. The van der Waals surface area contributed by atoms with Crippen LogP contribution in [-0.2, 0) is 4.74 Å². The van der Waals surface area contributed by atoms with Crippen LogP contribution in [0.5, 0.6) is 0 Å². The van der Waals surface area contributed by atoms with E-state index in [1.165, 1.54) is 11.3 Å². The molecule has 1 fully saturated rings. The van der Waals surface area contributed by atoms with Gasteiger partial charge in [-0.3, -0.25) is 9.69 Å². The number of nitrogen functional groups attached to an aromatic ring is 1. The van der Waals surface area contributed by atoms with Gasteiger partial charge in [0.2, 0.25) is 0 Å². The summed E-state index contributed by atoms with van der Waals surface area (Å²) in [6.45, 7) is 5.57. The summed E-state index contributed by atoms with van der Waals surface area (Å²) in [6.07, 6.45) is 3.66. The van der Waals surface area contributed by atoms with Gasteiger partial charge >= 0.3 is 0 Å². The van der Waals surface area contributed by atoms with Crippen LogP contribution in [0.4, 0.5) is 5.13 Å². The van der Waals surface area contributed by atoms with Crippen molar-refractivity contribution in [2.45, 2.75) is 12.8 Å². The predicted octanol–water partition coefficient (Wildman–Crippen LogP) is 0.910. The van der Waals surface area contributed by atoms with Crippen molar-refractivity contribution in [2.75, 3.05) is 52.2 Å². The van der Waals surface area contributed by atoms with Crippen molar-refractivity contribution in [1.82, 2.24) is 14.8 Å². The molecule has 0 radical (unpaired) electrons. The molecule has 2 rings (SSSR count). The van der Waals surface area contributed by atoms with Crippen molar-refractivity contribution < 1.29 is 9.53 Å².